The van der Waals surface area contributed by atoms with Crippen LogP contribution in [0.25, 0.3) is 0 Å². The maximum Gasteiger partial charge on any atom is 0.707 e. The fourth-order valence-corrected chi connectivity index (χ4v) is 4.42. The molecular formula is C46H60B2F5N5O6. The average Bonchev–Trinajstić information content (AvgIpc) is 3.29. The van der Waals surface area contributed by atoms with Crippen LogP contribution in [0.3, 0.4) is 0 Å². The third-order valence-electron chi connectivity index (χ3n) is 7.76. The Kier molecular flexibility index (Phi) is 29.2. The molecule has 346 valence electrons. The maximum atomic E-state index is 12.7. The van der Waals surface area contributed by atoms with Crippen molar-refractivity contribution < 1.29 is 51.7 Å². The summed E-state index contributed by atoms with van der Waals surface area (Å²) in [6.07, 6.45) is 0. The van der Waals surface area contributed by atoms with Crippen molar-refractivity contribution >= 4 is 43.1 Å². The van der Waals surface area contributed by atoms with E-state index in [2.05, 4.69) is 89.8 Å². The van der Waals surface area contributed by atoms with Gasteiger partial charge in [0.05, 0.1) is 0 Å². The van der Waals surface area contributed by atoms with Gasteiger partial charge >= 0.3 is 14.6 Å². The van der Waals surface area contributed by atoms with Crippen LogP contribution in [0.4, 0.5) is 50.4 Å². The van der Waals surface area contributed by atoms with Crippen molar-refractivity contribution in [2.45, 2.75) is 0 Å². The summed E-state index contributed by atoms with van der Waals surface area (Å²) >= 11 is 0. The van der Waals surface area contributed by atoms with Crippen molar-refractivity contribution in [3.63, 3.8) is 0 Å². The molecule has 0 aliphatic rings. The summed E-state index contributed by atoms with van der Waals surface area (Å²) in [5.41, 5.74) is 6.24. The number of hydrogen-bond donors (Lipinski definition) is 5. The van der Waals surface area contributed by atoms with Gasteiger partial charge in [-0.05, 0) is 60.7 Å². The zero-order chi connectivity index (χ0) is 48.8. The van der Waals surface area contributed by atoms with Crippen LogP contribution in [0.5, 0.6) is 5.75 Å². The van der Waals surface area contributed by atoms with Crippen LogP contribution < -0.4 is 29.2 Å². The van der Waals surface area contributed by atoms with Crippen LogP contribution in [0.1, 0.15) is 0 Å². The first-order valence-corrected chi connectivity index (χ1v) is 19.3. The summed E-state index contributed by atoms with van der Waals surface area (Å²) in [6.45, 7) is 0. The quantitative estimate of drug-likeness (QED) is 0.0476. The Bertz CT molecular complexity index is 1780. The molecule has 0 saturated heterocycles. The van der Waals surface area contributed by atoms with Crippen LogP contribution in [0.15, 0.2) is 152 Å². The molecule has 0 fully saturated rings. The normalized spacial score (nSPS) is 9.25. The van der Waals surface area contributed by atoms with Crippen molar-refractivity contribution in [3.8, 4) is 5.75 Å². The van der Waals surface area contributed by atoms with Crippen molar-refractivity contribution in [2.75, 3.05) is 95.0 Å². The number of nitrogens with zero attached hydrogens (tertiary/aromatic N) is 5. The molecule has 0 unspecified atom stereocenters. The molecule has 0 atom stereocenters. The van der Waals surface area contributed by atoms with Gasteiger partial charge in [0.25, 0.3) is 0 Å². The molecule has 0 aromatic heterocycles. The second-order valence-electron chi connectivity index (χ2n) is 13.8. The highest BCUT2D eigenvalue weighted by Crippen LogP contribution is 2.29. The minimum absolute atomic E-state index is 1.25. The van der Waals surface area contributed by atoms with E-state index in [0.29, 0.717) is 0 Å². The fraction of sp³-hybridized carbons (Fsp3) is 0.217. The predicted octanol–water partition coefficient (Wildman–Crippen LogP) is 7.44. The van der Waals surface area contributed by atoms with E-state index in [0.717, 1.165) is 0 Å². The Morgan fingerprint density at radius 1 is 0.312 bits per heavy atom. The maximum absolute atomic E-state index is 12.7. The smallest absolute Gasteiger partial charge is 0.507 e. The molecule has 11 nitrogen and oxygen atoms in total. The molecule has 6 aromatic carbocycles. The fourth-order valence-electron chi connectivity index (χ4n) is 4.42. The Hall–Kier alpha value is -6.30. The SMILES string of the molecule is CN(C)c1ccccc1.CN(C)c1ccccc1.CN(C)c1ccccc1.CN(C)c1ccccc1.CN(C)c1ccccc1.OB(O)O.OB(O)Oc1c(F)c(F)c(F)c(F)c1F. The van der Waals surface area contributed by atoms with Crippen molar-refractivity contribution in [1.29, 1.82) is 0 Å². The van der Waals surface area contributed by atoms with E-state index < -0.39 is 49.5 Å². The first kappa shape index (κ1) is 57.7. The van der Waals surface area contributed by atoms with Gasteiger partial charge in [-0.1, -0.05) is 91.0 Å². The zero-order valence-electron chi connectivity index (χ0n) is 37.9. The summed E-state index contributed by atoms with van der Waals surface area (Å²) in [7, 11) is 15.5. The summed E-state index contributed by atoms with van der Waals surface area (Å²) in [6, 6.07) is 51.3. The molecule has 0 radical (unpaired) electrons. The lowest BCUT2D eigenvalue weighted by Gasteiger charge is -2.10. The standard InChI is InChI=1S/5C8H11N.C6H2BF5O3.BH3O3/c5*1-9(2)8-6-4-3-5-7-8;8-1-2(9)4(11)6(15-7(13)14)5(12)3(1)10;2-1(3)4/h5*3-7H,1-2H3;13-14H;2-4H. The zero-order valence-corrected chi connectivity index (χ0v) is 37.9. The second-order valence-corrected chi connectivity index (χ2v) is 13.8. The van der Waals surface area contributed by atoms with Crippen LogP contribution in [-0.2, 0) is 0 Å². The molecule has 64 heavy (non-hydrogen) atoms. The minimum atomic E-state index is -2.70. The topological polar surface area (TPSA) is 127 Å². The highest BCUT2D eigenvalue weighted by molar-refractivity contribution is 6.33. The number of anilines is 5. The van der Waals surface area contributed by atoms with Gasteiger partial charge in [-0.15, -0.1) is 0 Å². The first-order valence-electron chi connectivity index (χ1n) is 19.3. The summed E-state index contributed by atoms with van der Waals surface area (Å²) < 4.78 is 66.3. The molecule has 0 heterocycles. The van der Waals surface area contributed by atoms with Crippen LogP contribution in [-0.4, -0.2) is 110 Å². The van der Waals surface area contributed by atoms with E-state index in [9.17, 15) is 22.0 Å². The van der Waals surface area contributed by atoms with Crippen LogP contribution in [0.2, 0.25) is 0 Å². The van der Waals surface area contributed by atoms with E-state index in [4.69, 9.17) is 25.1 Å². The number of benzene rings is 6. The van der Waals surface area contributed by atoms with E-state index in [1.54, 1.807) is 0 Å². The highest BCUT2D eigenvalue weighted by atomic mass is 19.2. The molecule has 0 amide bonds. The summed E-state index contributed by atoms with van der Waals surface area (Å²) in [4.78, 5) is 10.4. The van der Waals surface area contributed by atoms with Crippen LogP contribution >= 0.6 is 0 Å². The highest BCUT2D eigenvalue weighted by Gasteiger charge is 2.29. The lowest BCUT2D eigenvalue weighted by molar-refractivity contribution is 0.263. The molecule has 6 aromatic rings. The molecule has 0 aliphatic heterocycles. The molecule has 18 heteroatoms. The van der Waals surface area contributed by atoms with Gasteiger partial charge in [0.1, 0.15) is 0 Å². The third-order valence-corrected chi connectivity index (χ3v) is 7.76. The van der Waals surface area contributed by atoms with Gasteiger partial charge in [0, 0.05) is 98.9 Å². The lowest BCUT2D eigenvalue weighted by Crippen LogP contribution is -2.23. The van der Waals surface area contributed by atoms with E-state index in [1.165, 1.54) is 28.4 Å². The molecular weight excluding hydrogens is 835 g/mol. The van der Waals surface area contributed by atoms with E-state index >= 15 is 0 Å². The van der Waals surface area contributed by atoms with Crippen LogP contribution in [0, 0.1) is 29.1 Å². The number of hydrogen-bond acceptors (Lipinski definition) is 11. The van der Waals surface area contributed by atoms with Gasteiger partial charge in [-0.2, -0.15) is 8.78 Å². The van der Waals surface area contributed by atoms with Gasteiger partial charge in [-0.3, -0.25) is 0 Å². The molecule has 0 saturated carbocycles. The largest absolute Gasteiger partial charge is 0.707 e. The summed E-state index contributed by atoms with van der Waals surface area (Å²) in [5, 5.41) is 37.8. The Labute approximate surface area is 375 Å². The Morgan fingerprint density at radius 3 is 0.594 bits per heavy atom. The second kappa shape index (κ2) is 32.4. The van der Waals surface area contributed by atoms with E-state index in [1.807, 2.05) is 161 Å². The van der Waals surface area contributed by atoms with Crippen molar-refractivity contribution in [2.24, 2.45) is 0 Å². The number of para-hydroxylation sites is 5. The monoisotopic (exact) mass is 895 g/mol. The Balaban J connectivity index is 0.000000740. The minimum Gasteiger partial charge on any atom is -0.507 e. The van der Waals surface area contributed by atoms with Crippen molar-refractivity contribution in [1.82, 2.24) is 0 Å². The molecule has 0 spiro atoms. The summed E-state index contributed by atoms with van der Waals surface area (Å²) in [5.74, 6) is -13.1. The van der Waals surface area contributed by atoms with Gasteiger partial charge in [-0.25, -0.2) is 13.2 Å². The number of rotatable bonds is 7. The van der Waals surface area contributed by atoms with E-state index in [-0.39, 0.29) is 0 Å². The number of halogens is 5. The van der Waals surface area contributed by atoms with Gasteiger partial charge < -0.3 is 54.3 Å². The Morgan fingerprint density at radius 2 is 0.469 bits per heavy atom. The van der Waals surface area contributed by atoms with Gasteiger partial charge in [0.2, 0.25) is 29.1 Å². The van der Waals surface area contributed by atoms with Crippen molar-refractivity contribution in [3.05, 3.63) is 181 Å². The van der Waals surface area contributed by atoms with Gasteiger partial charge in [0.15, 0.2) is 5.75 Å². The predicted molar refractivity (Wildman–Crippen MR) is 253 cm³/mol. The molecule has 0 aliphatic carbocycles. The lowest BCUT2D eigenvalue weighted by atomic mass is 10.2. The molecule has 0 bridgehead atoms. The molecule has 6 rings (SSSR count). The first-order chi connectivity index (χ1) is 30.1. The average molecular weight is 896 g/mol. The molecule has 5 N–H and O–H groups in total. The third kappa shape index (κ3) is 25.0.